The molecule has 1 aromatic heterocycles. The summed E-state index contributed by atoms with van der Waals surface area (Å²) in [5.74, 6) is 1.25. The molecule has 2 heterocycles. The second-order valence-corrected chi connectivity index (χ2v) is 6.07. The third-order valence-corrected chi connectivity index (χ3v) is 4.36. The first-order chi connectivity index (χ1) is 10.6. The average molecular weight is 371 g/mol. The van der Waals surface area contributed by atoms with Crippen molar-refractivity contribution in [1.29, 1.82) is 0 Å². The topological polar surface area (TPSA) is 64.2 Å². The van der Waals surface area contributed by atoms with Crippen LogP contribution in [0.2, 0.25) is 0 Å². The Balaban J connectivity index is 0.00000144. The highest BCUT2D eigenvalue weighted by Crippen LogP contribution is 2.25. The number of imidazole rings is 1. The van der Waals surface area contributed by atoms with Crippen molar-refractivity contribution >= 4 is 36.5 Å². The van der Waals surface area contributed by atoms with E-state index in [-0.39, 0.29) is 36.8 Å². The van der Waals surface area contributed by atoms with Crippen molar-refractivity contribution in [2.75, 3.05) is 18.8 Å². The summed E-state index contributed by atoms with van der Waals surface area (Å²) in [5.41, 5.74) is 6.70. The normalized spacial score (nSPS) is 16.0. The van der Waals surface area contributed by atoms with E-state index in [1.165, 1.54) is 0 Å². The van der Waals surface area contributed by atoms with E-state index in [0.717, 1.165) is 31.5 Å². The first-order valence-electron chi connectivity index (χ1n) is 7.78. The smallest absolute Gasteiger partial charge is 0.250 e. The maximum atomic E-state index is 13.1. The highest BCUT2D eigenvalue weighted by molar-refractivity contribution is 5.85. The number of amides is 1. The number of benzene rings is 1. The molecule has 1 saturated heterocycles. The summed E-state index contributed by atoms with van der Waals surface area (Å²) in [5, 5.41) is 0. The largest absolute Gasteiger partial charge is 0.382 e. The van der Waals surface area contributed by atoms with E-state index in [4.69, 9.17) is 5.73 Å². The van der Waals surface area contributed by atoms with E-state index in [2.05, 4.69) is 11.9 Å². The van der Waals surface area contributed by atoms with Gasteiger partial charge < -0.3 is 15.2 Å². The Morgan fingerprint density at radius 3 is 2.38 bits per heavy atom. The molecule has 2 N–H and O–H groups in total. The van der Waals surface area contributed by atoms with Crippen molar-refractivity contribution in [2.24, 2.45) is 5.92 Å². The number of halogens is 2. The van der Waals surface area contributed by atoms with E-state index in [0.29, 0.717) is 11.7 Å². The first kappa shape index (κ1) is 20.3. The molecule has 0 radical (unpaired) electrons. The zero-order valence-electron chi connectivity index (χ0n) is 13.7. The minimum absolute atomic E-state index is 0. The van der Waals surface area contributed by atoms with E-state index in [1.54, 1.807) is 12.5 Å². The summed E-state index contributed by atoms with van der Waals surface area (Å²) in [6, 6.07) is 9.42. The van der Waals surface area contributed by atoms with Gasteiger partial charge in [0.2, 0.25) is 5.91 Å². The maximum absolute atomic E-state index is 13.1. The summed E-state index contributed by atoms with van der Waals surface area (Å²) in [6.07, 6.45) is 5.50. The summed E-state index contributed by atoms with van der Waals surface area (Å²) in [4.78, 5) is 19.1. The molecule has 1 atom stereocenters. The van der Waals surface area contributed by atoms with Gasteiger partial charge in [-0.3, -0.25) is 4.79 Å². The van der Waals surface area contributed by atoms with Crippen LogP contribution in [0.3, 0.4) is 0 Å². The molecule has 0 aliphatic carbocycles. The SMILES string of the molecule is CC1CCN(C(=O)C(c2ccccc2)n2cnc(N)c2)CC1.Cl.Cl. The zero-order valence-corrected chi connectivity index (χ0v) is 15.3. The average Bonchev–Trinajstić information content (AvgIpc) is 2.95. The van der Waals surface area contributed by atoms with Gasteiger partial charge in [-0.05, 0) is 24.3 Å². The Morgan fingerprint density at radius 2 is 1.83 bits per heavy atom. The van der Waals surface area contributed by atoms with Gasteiger partial charge in [0.1, 0.15) is 11.9 Å². The van der Waals surface area contributed by atoms with Gasteiger partial charge in [-0.25, -0.2) is 4.98 Å². The van der Waals surface area contributed by atoms with Crippen LogP contribution in [0.1, 0.15) is 31.4 Å². The summed E-state index contributed by atoms with van der Waals surface area (Å²) >= 11 is 0. The number of hydrogen-bond donors (Lipinski definition) is 1. The lowest BCUT2D eigenvalue weighted by molar-refractivity contribution is -0.134. The molecular formula is C17H24Cl2N4O. The fourth-order valence-corrected chi connectivity index (χ4v) is 2.97. The van der Waals surface area contributed by atoms with Gasteiger partial charge in [0.05, 0.1) is 6.33 Å². The Bertz CT molecular complexity index is 639. The lowest BCUT2D eigenvalue weighted by Crippen LogP contribution is -2.42. The third-order valence-electron chi connectivity index (χ3n) is 4.36. The molecule has 1 aliphatic heterocycles. The number of nitrogens with two attached hydrogens (primary N) is 1. The van der Waals surface area contributed by atoms with Crippen LogP contribution in [-0.2, 0) is 4.79 Å². The molecule has 1 aliphatic rings. The van der Waals surface area contributed by atoms with Gasteiger partial charge in [0.15, 0.2) is 0 Å². The quantitative estimate of drug-likeness (QED) is 0.902. The molecule has 0 bridgehead atoms. The number of anilines is 1. The molecule has 3 rings (SSSR count). The van der Waals surface area contributed by atoms with Crippen molar-refractivity contribution in [3.05, 3.63) is 48.4 Å². The summed E-state index contributed by atoms with van der Waals surface area (Å²) in [7, 11) is 0. The van der Waals surface area contributed by atoms with E-state index in [1.807, 2.05) is 39.8 Å². The Labute approximate surface area is 155 Å². The van der Waals surface area contributed by atoms with Crippen LogP contribution < -0.4 is 5.73 Å². The Hall–Kier alpha value is -1.72. The minimum Gasteiger partial charge on any atom is -0.382 e. The van der Waals surface area contributed by atoms with Crippen LogP contribution in [0.4, 0.5) is 5.82 Å². The highest BCUT2D eigenvalue weighted by Gasteiger charge is 2.29. The summed E-state index contributed by atoms with van der Waals surface area (Å²) < 4.78 is 1.81. The summed E-state index contributed by atoms with van der Waals surface area (Å²) in [6.45, 7) is 3.90. The molecule has 1 fully saturated rings. The monoisotopic (exact) mass is 370 g/mol. The molecule has 7 heteroatoms. The van der Waals surface area contributed by atoms with E-state index < -0.39 is 0 Å². The fourth-order valence-electron chi connectivity index (χ4n) is 2.97. The number of carbonyl (C=O) groups is 1. The second-order valence-electron chi connectivity index (χ2n) is 6.07. The number of piperidine rings is 1. The van der Waals surface area contributed by atoms with Crippen molar-refractivity contribution in [3.8, 4) is 0 Å². The number of likely N-dealkylation sites (tertiary alicyclic amines) is 1. The zero-order chi connectivity index (χ0) is 15.5. The van der Waals surface area contributed by atoms with E-state index >= 15 is 0 Å². The molecule has 1 unspecified atom stereocenters. The van der Waals surface area contributed by atoms with Gasteiger partial charge in [-0.1, -0.05) is 37.3 Å². The Kier molecular flexibility index (Phi) is 7.58. The van der Waals surface area contributed by atoms with Crippen molar-refractivity contribution in [3.63, 3.8) is 0 Å². The van der Waals surface area contributed by atoms with Gasteiger partial charge in [0, 0.05) is 19.3 Å². The van der Waals surface area contributed by atoms with Gasteiger partial charge >= 0.3 is 0 Å². The number of hydrogen-bond acceptors (Lipinski definition) is 3. The Morgan fingerprint density at radius 1 is 1.21 bits per heavy atom. The number of nitrogen functional groups attached to an aromatic ring is 1. The molecular weight excluding hydrogens is 347 g/mol. The van der Waals surface area contributed by atoms with Crippen LogP contribution in [-0.4, -0.2) is 33.4 Å². The molecule has 2 aromatic rings. The van der Waals surface area contributed by atoms with Gasteiger partial charge in [-0.2, -0.15) is 0 Å². The first-order valence-corrected chi connectivity index (χ1v) is 7.78. The van der Waals surface area contributed by atoms with Crippen molar-refractivity contribution < 1.29 is 4.79 Å². The molecule has 1 amide bonds. The predicted molar refractivity (Wildman–Crippen MR) is 101 cm³/mol. The van der Waals surface area contributed by atoms with Gasteiger partial charge in [0.25, 0.3) is 0 Å². The lowest BCUT2D eigenvalue weighted by Gasteiger charge is -2.33. The van der Waals surface area contributed by atoms with Crippen LogP contribution in [0.5, 0.6) is 0 Å². The number of aromatic nitrogens is 2. The molecule has 0 saturated carbocycles. The van der Waals surface area contributed by atoms with Crippen molar-refractivity contribution in [1.82, 2.24) is 14.5 Å². The third kappa shape index (κ3) is 4.42. The van der Waals surface area contributed by atoms with Crippen LogP contribution in [0, 0.1) is 5.92 Å². The van der Waals surface area contributed by atoms with Crippen molar-refractivity contribution in [2.45, 2.75) is 25.8 Å². The minimum atomic E-state index is -0.389. The molecule has 0 spiro atoms. The fraction of sp³-hybridized carbons (Fsp3) is 0.412. The number of carbonyl (C=O) groups excluding carboxylic acids is 1. The standard InChI is InChI=1S/C17H22N4O.2ClH/c1-13-7-9-20(10-8-13)17(22)16(14-5-3-2-4-6-14)21-11-15(18)19-12-21;;/h2-6,11-13,16H,7-10,18H2,1H3;2*1H. The second kappa shape index (κ2) is 8.94. The van der Waals surface area contributed by atoms with Gasteiger partial charge in [-0.15, -0.1) is 24.8 Å². The van der Waals surface area contributed by atoms with Crippen LogP contribution in [0.15, 0.2) is 42.9 Å². The molecule has 1 aromatic carbocycles. The molecule has 132 valence electrons. The van der Waals surface area contributed by atoms with E-state index in [9.17, 15) is 4.79 Å². The van der Waals surface area contributed by atoms with Crippen LogP contribution >= 0.6 is 24.8 Å². The number of nitrogens with zero attached hydrogens (tertiary/aromatic N) is 3. The highest BCUT2D eigenvalue weighted by atomic mass is 35.5. The lowest BCUT2D eigenvalue weighted by atomic mass is 9.97. The maximum Gasteiger partial charge on any atom is 0.250 e. The number of rotatable bonds is 3. The molecule has 24 heavy (non-hydrogen) atoms. The molecule has 5 nitrogen and oxygen atoms in total. The predicted octanol–water partition coefficient (Wildman–Crippen LogP) is 3.16. The van der Waals surface area contributed by atoms with Crippen LogP contribution in [0.25, 0.3) is 0 Å².